The van der Waals surface area contributed by atoms with E-state index in [1.54, 1.807) is 9.58 Å². The van der Waals surface area contributed by atoms with Gasteiger partial charge in [0.15, 0.2) is 5.82 Å². The number of aromatic nitrogens is 2. The van der Waals surface area contributed by atoms with E-state index in [9.17, 15) is 19.2 Å². The second kappa shape index (κ2) is 11.2. The second-order valence-electron chi connectivity index (χ2n) is 11.3. The Morgan fingerprint density at radius 1 is 1.03 bits per heavy atom. The minimum absolute atomic E-state index is 0.0213. The number of carbonyl (C=O) groups is 4. The average molecular weight is 539 g/mol. The molecule has 1 aromatic carbocycles. The maximum atomic E-state index is 13.2. The highest BCUT2D eigenvalue weighted by molar-refractivity contribution is 6.08. The summed E-state index contributed by atoms with van der Waals surface area (Å²) in [5, 5.41) is 7.82. The molecule has 210 valence electrons. The van der Waals surface area contributed by atoms with Crippen LogP contribution in [0.15, 0.2) is 18.2 Å². The van der Waals surface area contributed by atoms with Crippen LogP contribution in [0.1, 0.15) is 57.4 Å². The van der Waals surface area contributed by atoms with Crippen LogP contribution in [0.4, 0.5) is 15.4 Å². The van der Waals surface area contributed by atoms with E-state index in [4.69, 9.17) is 4.74 Å². The third-order valence-electron chi connectivity index (χ3n) is 8.10. The lowest BCUT2D eigenvalue weighted by molar-refractivity contribution is -0.138. The molecule has 0 atom stereocenters. The molecule has 1 N–H and O–H groups in total. The lowest BCUT2D eigenvalue weighted by Gasteiger charge is -2.37. The van der Waals surface area contributed by atoms with Crippen LogP contribution in [-0.4, -0.2) is 82.8 Å². The van der Waals surface area contributed by atoms with E-state index < -0.39 is 6.03 Å². The van der Waals surface area contributed by atoms with E-state index in [0.29, 0.717) is 57.0 Å². The molecule has 2 aliphatic heterocycles. The number of aryl methyl sites for hydroxylation is 1. The number of benzene rings is 1. The molecule has 5 amide bonds. The van der Waals surface area contributed by atoms with Crippen molar-refractivity contribution in [2.24, 2.45) is 18.9 Å². The predicted molar refractivity (Wildman–Crippen MR) is 145 cm³/mol. The van der Waals surface area contributed by atoms with Gasteiger partial charge in [0.25, 0.3) is 0 Å². The summed E-state index contributed by atoms with van der Waals surface area (Å²) >= 11 is 0. The molecule has 1 aliphatic carbocycles. The molecular formula is C28H38N6O5. The Morgan fingerprint density at radius 2 is 1.72 bits per heavy atom. The van der Waals surface area contributed by atoms with Crippen molar-refractivity contribution in [2.75, 3.05) is 44.2 Å². The van der Waals surface area contributed by atoms with E-state index in [0.717, 1.165) is 36.6 Å². The van der Waals surface area contributed by atoms with Crippen LogP contribution in [0, 0.1) is 11.8 Å². The van der Waals surface area contributed by atoms with Crippen LogP contribution in [-0.2, 0) is 21.4 Å². The molecule has 3 heterocycles. The summed E-state index contributed by atoms with van der Waals surface area (Å²) in [5.74, 6) is 1.18. The minimum atomic E-state index is -0.439. The molecule has 3 aliphatic rings. The molecule has 11 heteroatoms. The fourth-order valence-electron chi connectivity index (χ4n) is 5.85. The number of ether oxygens (including phenoxy) is 1. The fourth-order valence-corrected chi connectivity index (χ4v) is 5.85. The normalized spacial score (nSPS) is 22.4. The number of fused-ring (bicyclic) bond motifs is 1. The summed E-state index contributed by atoms with van der Waals surface area (Å²) in [7, 11) is 1.86. The standard InChI is InChI=1S/C28H38N6O5/c1-18(2)17-39-28(38)33-14-12-32(13-15-33)26(36)20-6-4-19(5-7-20)21-8-9-22-23(16-21)31(3)30-25(22)34-11-10-24(35)29-27(34)37/h8-9,16,18-20H,4-7,10-15,17H2,1-3H3,(H,29,35,37). The minimum Gasteiger partial charge on any atom is -0.449 e. The van der Waals surface area contributed by atoms with Gasteiger partial charge in [-0.2, -0.15) is 5.10 Å². The molecule has 1 aromatic heterocycles. The number of piperazine rings is 1. The summed E-state index contributed by atoms with van der Waals surface area (Å²) in [6.45, 7) is 6.88. The van der Waals surface area contributed by atoms with Crippen molar-refractivity contribution in [3.63, 3.8) is 0 Å². The van der Waals surface area contributed by atoms with E-state index >= 15 is 0 Å². The zero-order valence-corrected chi connectivity index (χ0v) is 23.0. The topological polar surface area (TPSA) is 117 Å². The number of rotatable bonds is 5. The Kier molecular flexibility index (Phi) is 7.76. The van der Waals surface area contributed by atoms with Crippen LogP contribution in [0.2, 0.25) is 0 Å². The number of anilines is 1. The first-order chi connectivity index (χ1) is 18.7. The van der Waals surface area contributed by atoms with Crippen molar-refractivity contribution in [2.45, 2.75) is 51.9 Å². The second-order valence-corrected chi connectivity index (χ2v) is 11.3. The molecule has 0 spiro atoms. The Bertz CT molecular complexity index is 1260. The van der Waals surface area contributed by atoms with Crippen LogP contribution < -0.4 is 10.2 Å². The van der Waals surface area contributed by atoms with Crippen LogP contribution in [0.25, 0.3) is 10.9 Å². The maximum Gasteiger partial charge on any atom is 0.409 e. The van der Waals surface area contributed by atoms with Gasteiger partial charge in [0.1, 0.15) is 0 Å². The first-order valence-corrected chi connectivity index (χ1v) is 14.0. The lowest BCUT2D eigenvalue weighted by Crippen LogP contribution is -2.52. The van der Waals surface area contributed by atoms with Crippen molar-refractivity contribution in [3.05, 3.63) is 23.8 Å². The molecule has 39 heavy (non-hydrogen) atoms. The largest absolute Gasteiger partial charge is 0.449 e. The molecule has 1 saturated carbocycles. The number of carbonyl (C=O) groups excluding carboxylic acids is 4. The molecule has 2 aromatic rings. The lowest BCUT2D eigenvalue weighted by atomic mass is 9.78. The smallest absolute Gasteiger partial charge is 0.409 e. The third kappa shape index (κ3) is 5.72. The number of hydrogen-bond donors (Lipinski definition) is 1. The number of urea groups is 1. The summed E-state index contributed by atoms with van der Waals surface area (Å²) in [5.41, 5.74) is 2.16. The predicted octanol–water partition coefficient (Wildman–Crippen LogP) is 3.23. The van der Waals surface area contributed by atoms with Gasteiger partial charge in [0, 0.05) is 57.5 Å². The number of imide groups is 1. The Labute approximate surface area is 228 Å². The van der Waals surface area contributed by atoms with Gasteiger partial charge >= 0.3 is 12.1 Å². The molecule has 2 saturated heterocycles. The number of nitrogens with one attached hydrogen (secondary N) is 1. The van der Waals surface area contributed by atoms with Gasteiger partial charge in [-0.25, -0.2) is 9.59 Å². The van der Waals surface area contributed by atoms with Crippen molar-refractivity contribution >= 4 is 40.7 Å². The summed E-state index contributed by atoms with van der Waals surface area (Å²) in [4.78, 5) is 54.5. The van der Waals surface area contributed by atoms with Crippen molar-refractivity contribution < 1.29 is 23.9 Å². The molecular weight excluding hydrogens is 500 g/mol. The molecule has 0 bridgehead atoms. The van der Waals surface area contributed by atoms with Crippen LogP contribution in [0.3, 0.4) is 0 Å². The van der Waals surface area contributed by atoms with E-state index in [1.165, 1.54) is 10.5 Å². The quantitative estimate of drug-likeness (QED) is 0.625. The van der Waals surface area contributed by atoms with Crippen molar-refractivity contribution in [3.8, 4) is 0 Å². The SMILES string of the molecule is CC(C)COC(=O)N1CCN(C(=O)C2CCC(c3ccc4c(N5CCC(=O)NC5=O)nn(C)c4c3)CC2)CC1. The first kappa shape index (κ1) is 27.0. The van der Waals surface area contributed by atoms with E-state index in [1.807, 2.05) is 31.9 Å². The van der Waals surface area contributed by atoms with Crippen molar-refractivity contribution in [1.29, 1.82) is 0 Å². The zero-order chi connectivity index (χ0) is 27.7. The fraction of sp³-hybridized carbons (Fsp3) is 0.607. The summed E-state index contributed by atoms with van der Waals surface area (Å²) in [6, 6.07) is 5.82. The van der Waals surface area contributed by atoms with Crippen LogP contribution in [0.5, 0.6) is 0 Å². The Hall–Kier alpha value is -3.63. The highest BCUT2D eigenvalue weighted by atomic mass is 16.6. The molecule has 5 rings (SSSR count). The average Bonchev–Trinajstić information content (AvgIpc) is 3.26. The van der Waals surface area contributed by atoms with E-state index in [-0.39, 0.29) is 30.2 Å². The number of amides is 5. The van der Waals surface area contributed by atoms with Gasteiger partial charge in [0.05, 0.1) is 12.1 Å². The number of nitrogens with zero attached hydrogens (tertiary/aromatic N) is 5. The summed E-state index contributed by atoms with van der Waals surface area (Å²) in [6.07, 6.45) is 3.52. The highest BCUT2D eigenvalue weighted by Crippen LogP contribution is 2.38. The van der Waals surface area contributed by atoms with Crippen LogP contribution >= 0.6 is 0 Å². The Morgan fingerprint density at radius 3 is 2.38 bits per heavy atom. The molecule has 3 fully saturated rings. The van der Waals surface area contributed by atoms with Gasteiger partial charge in [-0.15, -0.1) is 0 Å². The van der Waals surface area contributed by atoms with Gasteiger partial charge in [-0.1, -0.05) is 19.9 Å². The van der Waals surface area contributed by atoms with Gasteiger partial charge in [-0.3, -0.25) is 24.5 Å². The van der Waals surface area contributed by atoms with Gasteiger partial charge in [-0.05, 0) is 55.2 Å². The highest BCUT2D eigenvalue weighted by Gasteiger charge is 2.33. The third-order valence-corrected chi connectivity index (χ3v) is 8.10. The molecule has 0 radical (unpaired) electrons. The maximum absolute atomic E-state index is 13.2. The summed E-state index contributed by atoms with van der Waals surface area (Å²) < 4.78 is 7.11. The number of hydrogen-bond acceptors (Lipinski definition) is 6. The van der Waals surface area contributed by atoms with Gasteiger partial charge < -0.3 is 14.5 Å². The van der Waals surface area contributed by atoms with Gasteiger partial charge in [0.2, 0.25) is 11.8 Å². The Balaban J connectivity index is 1.16. The first-order valence-electron chi connectivity index (χ1n) is 14.0. The molecule has 11 nitrogen and oxygen atoms in total. The molecule has 0 unspecified atom stereocenters. The zero-order valence-electron chi connectivity index (χ0n) is 23.0. The van der Waals surface area contributed by atoms with E-state index in [2.05, 4.69) is 22.5 Å². The monoisotopic (exact) mass is 538 g/mol. The van der Waals surface area contributed by atoms with Crippen molar-refractivity contribution in [1.82, 2.24) is 24.9 Å².